The number of nitrogen functional groups attached to an aromatic ring is 2. The van der Waals surface area contributed by atoms with E-state index in [1.807, 2.05) is 12.1 Å². The minimum atomic E-state index is 0.590. The summed E-state index contributed by atoms with van der Waals surface area (Å²) in [7, 11) is 3.15. The van der Waals surface area contributed by atoms with E-state index in [0.29, 0.717) is 22.9 Å². The van der Waals surface area contributed by atoms with Crippen LogP contribution in [0.25, 0.3) is 0 Å². The molecule has 2 aromatic rings. The average molecular weight is 268 g/mol. The highest BCUT2D eigenvalue weighted by Crippen LogP contribution is 2.23. The molecule has 2 aromatic carbocycles. The lowest BCUT2D eigenvalue weighted by atomic mass is 10.1. The van der Waals surface area contributed by atoms with Gasteiger partial charge in [-0.15, -0.1) is 0 Å². The van der Waals surface area contributed by atoms with E-state index in [4.69, 9.17) is 20.9 Å². The summed E-state index contributed by atoms with van der Waals surface area (Å²) in [6.45, 7) is 0. The van der Waals surface area contributed by atoms with Gasteiger partial charge in [-0.25, -0.2) is 0 Å². The van der Waals surface area contributed by atoms with Crippen molar-refractivity contribution in [2.75, 3.05) is 25.7 Å². The zero-order valence-electron chi connectivity index (χ0n) is 11.4. The van der Waals surface area contributed by atoms with Crippen LogP contribution < -0.4 is 20.9 Å². The third-order valence-electron chi connectivity index (χ3n) is 2.82. The molecule has 0 bridgehead atoms. The van der Waals surface area contributed by atoms with Crippen LogP contribution in [0.1, 0.15) is 11.1 Å². The number of rotatable bonds is 2. The van der Waals surface area contributed by atoms with Gasteiger partial charge in [-0.2, -0.15) is 0 Å². The lowest BCUT2D eigenvalue weighted by Gasteiger charge is -2.04. The Morgan fingerprint density at radius 2 is 1.15 bits per heavy atom. The third kappa shape index (κ3) is 2.96. The quantitative estimate of drug-likeness (QED) is 0.647. The first-order chi connectivity index (χ1) is 9.63. The smallest absolute Gasteiger partial charge is 0.142 e. The second kappa shape index (κ2) is 5.89. The molecule has 4 nitrogen and oxygen atoms in total. The van der Waals surface area contributed by atoms with E-state index in [-0.39, 0.29) is 0 Å². The Hall–Kier alpha value is -2.80. The molecule has 0 fully saturated rings. The minimum absolute atomic E-state index is 0.590. The van der Waals surface area contributed by atoms with Crippen LogP contribution in [0.2, 0.25) is 0 Å². The highest BCUT2D eigenvalue weighted by atomic mass is 16.5. The zero-order valence-corrected chi connectivity index (χ0v) is 11.4. The molecule has 0 aliphatic carbocycles. The summed E-state index contributed by atoms with van der Waals surface area (Å²) in [4.78, 5) is 0. The van der Waals surface area contributed by atoms with Crippen molar-refractivity contribution < 1.29 is 9.47 Å². The molecule has 0 heterocycles. The molecule has 20 heavy (non-hydrogen) atoms. The van der Waals surface area contributed by atoms with Crippen molar-refractivity contribution >= 4 is 11.4 Å². The Morgan fingerprint density at radius 1 is 0.750 bits per heavy atom. The topological polar surface area (TPSA) is 70.5 Å². The van der Waals surface area contributed by atoms with Crippen LogP contribution in [-0.4, -0.2) is 14.2 Å². The first-order valence-electron chi connectivity index (χ1n) is 6.03. The van der Waals surface area contributed by atoms with Crippen molar-refractivity contribution in [3.05, 3.63) is 47.5 Å². The van der Waals surface area contributed by atoms with Crippen molar-refractivity contribution in [2.24, 2.45) is 0 Å². The second-order valence-electron chi connectivity index (χ2n) is 4.16. The van der Waals surface area contributed by atoms with Gasteiger partial charge in [-0.3, -0.25) is 0 Å². The first-order valence-corrected chi connectivity index (χ1v) is 6.03. The molecule has 0 aromatic heterocycles. The van der Waals surface area contributed by atoms with E-state index in [0.717, 1.165) is 11.1 Å². The molecule has 0 spiro atoms. The Labute approximate surface area is 118 Å². The summed E-state index contributed by atoms with van der Waals surface area (Å²) in [5, 5.41) is 0. The van der Waals surface area contributed by atoms with Crippen LogP contribution in [0.4, 0.5) is 11.4 Å². The number of ether oxygens (including phenoxy) is 2. The van der Waals surface area contributed by atoms with Crippen LogP contribution >= 0.6 is 0 Å². The minimum Gasteiger partial charge on any atom is -0.495 e. The van der Waals surface area contributed by atoms with E-state index < -0.39 is 0 Å². The maximum Gasteiger partial charge on any atom is 0.142 e. The molecule has 0 saturated carbocycles. The molecule has 4 N–H and O–H groups in total. The second-order valence-corrected chi connectivity index (χ2v) is 4.16. The van der Waals surface area contributed by atoms with Gasteiger partial charge in [-0.1, -0.05) is 11.8 Å². The molecule has 4 heteroatoms. The lowest BCUT2D eigenvalue weighted by Crippen LogP contribution is -1.93. The molecule has 0 saturated heterocycles. The van der Waals surface area contributed by atoms with Crippen LogP contribution in [0.5, 0.6) is 11.5 Å². The molecular weight excluding hydrogens is 252 g/mol. The fraction of sp³-hybridized carbons (Fsp3) is 0.125. The molecule has 102 valence electrons. The number of anilines is 2. The van der Waals surface area contributed by atoms with Crippen molar-refractivity contribution in [3.63, 3.8) is 0 Å². The summed E-state index contributed by atoms with van der Waals surface area (Å²) in [6, 6.07) is 10.8. The Kier molecular flexibility index (Phi) is 4.02. The standard InChI is InChI=1S/C16H16N2O2/c1-19-15-9-11(5-7-13(15)17)3-4-12-6-8-14(18)16(10-12)20-2/h5-10H,17-18H2,1-2H3. The van der Waals surface area contributed by atoms with Gasteiger partial charge in [0.15, 0.2) is 0 Å². The predicted molar refractivity (Wildman–Crippen MR) is 80.8 cm³/mol. The predicted octanol–water partition coefficient (Wildman–Crippen LogP) is 2.27. The van der Waals surface area contributed by atoms with Crippen LogP contribution in [0, 0.1) is 11.8 Å². The van der Waals surface area contributed by atoms with Gasteiger partial charge in [0.25, 0.3) is 0 Å². The molecule has 0 aliphatic heterocycles. The molecular formula is C16H16N2O2. The van der Waals surface area contributed by atoms with E-state index in [2.05, 4.69) is 11.8 Å². The number of hydrogen-bond donors (Lipinski definition) is 2. The van der Waals surface area contributed by atoms with Gasteiger partial charge in [-0.05, 0) is 36.4 Å². The number of methoxy groups -OCH3 is 2. The number of benzene rings is 2. The van der Waals surface area contributed by atoms with Crippen LogP contribution in [0.15, 0.2) is 36.4 Å². The maximum absolute atomic E-state index is 5.76. The van der Waals surface area contributed by atoms with E-state index in [9.17, 15) is 0 Å². The van der Waals surface area contributed by atoms with E-state index in [1.54, 1.807) is 38.5 Å². The monoisotopic (exact) mass is 268 g/mol. The highest BCUT2D eigenvalue weighted by molar-refractivity contribution is 5.59. The van der Waals surface area contributed by atoms with Crippen molar-refractivity contribution in [1.82, 2.24) is 0 Å². The molecule has 0 radical (unpaired) electrons. The fourth-order valence-corrected chi connectivity index (χ4v) is 1.72. The molecule has 0 amide bonds. The van der Waals surface area contributed by atoms with E-state index >= 15 is 0 Å². The summed E-state index contributed by atoms with van der Waals surface area (Å²) in [5.74, 6) is 7.34. The maximum atomic E-state index is 5.76. The molecule has 2 rings (SSSR count). The number of hydrogen-bond acceptors (Lipinski definition) is 4. The summed E-state index contributed by atoms with van der Waals surface area (Å²) >= 11 is 0. The van der Waals surface area contributed by atoms with Gasteiger partial charge >= 0.3 is 0 Å². The first kappa shape index (κ1) is 13.6. The number of nitrogens with two attached hydrogens (primary N) is 2. The van der Waals surface area contributed by atoms with Gasteiger partial charge < -0.3 is 20.9 Å². The van der Waals surface area contributed by atoms with Crippen molar-refractivity contribution in [3.8, 4) is 23.3 Å². The lowest BCUT2D eigenvalue weighted by molar-refractivity contribution is 0.416. The van der Waals surface area contributed by atoms with Gasteiger partial charge in [0.05, 0.1) is 25.6 Å². The van der Waals surface area contributed by atoms with Gasteiger partial charge in [0, 0.05) is 11.1 Å². The summed E-state index contributed by atoms with van der Waals surface area (Å²) in [5.41, 5.74) is 14.3. The molecule has 0 unspecified atom stereocenters. The molecule has 0 aliphatic rings. The Morgan fingerprint density at radius 3 is 1.50 bits per heavy atom. The summed E-state index contributed by atoms with van der Waals surface area (Å²) < 4.78 is 10.3. The Balaban J connectivity index is 2.31. The third-order valence-corrected chi connectivity index (χ3v) is 2.82. The zero-order chi connectivity index (χ0) is 14.5. The normalized spacial score (nSPS) is 9.50. The van der Waals surface area contributed by atoms with Crippen LogP contribution in [0.3, 0.4) is 0 Å². The summed E-state index contributed by atoms with van der Waals surface area (Å²) in [6.07, 6.45) is 0. The van der Waals surface area contributed by atoms with Gasteiger partial charge in [0.2, 0.25) is 0 Å². The van der Waals surface area contributed by atoms with Crippen molar-refractivity contribution in [2.45, 2.75) is 0 Å². The SMILES string of the molecule is COc1cc(C#Cc2ccc(N)c(OC)c2)ccc1N. The molecule has 0 atom stereocenters. The largest absolute Gasteiger partial charge is 0.495 e. The average Bonchev–Trinajstić information content (AvgIpc) is 2.47. The van der Waals surface area contributed by atoms with Crippen molar-refractivity contribution in [1.29, 1.82) is 0 Å². The van der Waals surface area contributed by atoms with Gasteiger partial charge in [0.1, 0.15) is 11.5 Å². The van der Waals surface area contributed by atoms with Crippen LogP contribution in [-0.2, 0) is 0 Å². The van der Waals surface area contributed by atoms with E-state index in [1.165, 1.54) is 0 Å². The fourth-order valence-electron chi connectivity index (χ4n) is 1.72. The highest BCUT2D eigenvalue weighted by Gasteiger charge is 2.00. The Bertz CT molecular complexity index is 627.